The summed E-state index contributed by atoms with van der Waals surface area (Å²) < 4.78 is 5.09. The third-order valence-corrected chi connectivity index (χ3v) is 1.37. The van der Waals surface area contributed by atoms with Gasteiger partial charge in [-0.1, -0.05) is 0 Å². The molecule has 0 aromatic carbocycles. The zero-order valence-electron chi connectivity index (χ0n) is 6.70. The van der Waals surface area contributed by atoms with Gasteiger partial charge in [-0.2, -0.15) is 0 Å². The molecule has 0 aliphatic rings. The third-order valence-electron chi connectivity index (χ3n) is 1.37. The number of aldehydes is 1. The fraction of sp³-hybridized carbons (Fsp3) is 0.375. The van der Waals surface area contributed by atoms with Crippen LogP contribution in [0, 0.1) is 0 Å². The summed E-state index contributed by atoms with van der Waals surface area (Å²) in [6.07, 6.45) is 2.34. The van der Waals surface area contributed by atoms with Gasteiger partial charge in [0.2, 0.25) is 0 Å². The molecule has 3 nitrogen and oxygen atoms in total. The molecule has 11 heavy (non-hydrogen) atoms. The molecule has 3 heteroatoms. The minimum absolute atomic E-state index is 0.638. The van der Waals surface area contributed by atoms with Gasteiger partial charge in [0.05, 0.1) is 18.4 Å². The Morgan fingerprint density at radius 2 is 2.36 bits per heavy atom. The van der Waals surface area contributed by atoms with E-state index in [1.807, 2.05) is 19.0 Å². The van der Waals surface area contributed by atoms with Gasteiger partial charge in [0.1, 0.15) is 5.76 Å². The number of carbonyl (C=O) groups excluding carboxylic acids is 1. The first kappa shape index (κ1) is 8.01. The fourth-order valence-electron chi connectivity index (χ4n) is 0.871. The van der Waals surface area contributed by atoms with Gasteiger partial charge in [-0.05, 0) is 20.2 Å². The zero-order valence-corrected chi connectivity index (χ0v) is 6.70. The average Bonchev–Trinajstić information content (AvgIpc) is 2.34. The molecule has 1 aromatic heterocycles. The second kappa shape index (κ2) is 3.34. The van der Waals surface area contributed by atoms with Crippen molar-refractivity contribution in [2.75, 3.05) is 14.1 Å². The summed E-state index contributed by atoms with van der Waals surface area (Å²) in [5, 5.41) is 0. The summed E-state index contributed by atoms with van der Waals surface area (Å²) in [6.45, 7) is 0.668. The highest BCUT2D eigenvalue weighted by molar-refractivity contribution is 5.75. The van der Waals surface area contributed by atoms with Gasteiger partial charge < -0.3 is 9.32 Å². The van der Waals surface area contributed by atoms with Crippen LogP contribution in [0.2, 0.25) is 0 Å². The van der Waals surface area contributed by atoms with Crippen LogP contribution in [0.4, 0.5) is 0 Å². The lowest BCUT2D eigenvalue weighted by atomic mass is 10.3. The highest BCUT2D eigenvalue weighted by atomic mass is 16.3. The molecule has 1 aromatic rings. The Balaban J connectivity index is 2.76. The maximum absolute atomic E-state index is 10.4. The van der Waals surface area contributed by atoms with Crippen molar-refractivity contribution in [2.45, 2.75) is 6.54 Å². The lowest BCUT2D eigenvalue weighted by Gasteiger charge is -2.06. The van der Waals surface area contributed by atoms with Gasteiger partial charge >= 0.3 is 0 Å². The van der Waals surface area contributed by atoms with Crippen LogP contribution < -0.4 is 0 Å². The predicted octanol–water partition coefficient (Wildman–Crippen LogP) is 1.15. The van der Waals surface area contributed by atoms with E-state index in [4.69, 9.17) is 4.42 Å². The lowest BCUT2D eigenvalue weighted by Crippen LogP contribution is -2.11. The molecule has 60 valence electrons. The Kier molecular flexibility index (Phi) is 2.44. The molecular weight excluding hydrogens is 142 g/mol. The number of rotatable bonds is 3. The summed E-state index contributed by atoms with van der Waals surface area (Å²) in [6, 6.07) is 1.67. The first-order valence-corrected chi connectivity index (χ1v) is 3.40. The van der Waals surface area contributed by atoms with Crippen LogP contribution in [0.25, 0.3) is 0 Å². The van der Waals surface area contributed by atoms with Crippen LogP contribution in [0.15, 0.2) is 16.7 Å². The Hall–Kier alpha value is -1.09. The van der Waals surface area contributed by atoms with E-state index < -0.39 is 0 Å². The third kappa shape index (κ3) is 1.91. The Bertz CT molecular complexity index is 240. The van der Waals surface area contributed by atoms with E-state index in [1.165, 1.54) is 6.26 Å². The lowest BCUT2D eigenvalue weighted by molar-refractivity contribution is 0.112. The summed E-state index contributed by atoms with van der Waals surface area (Å²) in [5.74, 6) is 0.727. The Labute approximate surface area is 65.6 Å². The SMILES string of the molecule is CN(C)Cc1occc1C=O. The molecule has 0 bridgehead atoms. The van der Waals surface area contributed by atoms with Gasteiger partial charge in [-0.25, -0.2) is 0 Å². The molecule has 0 radical (unpaired) electrons. The highest BCUT2D eigenvalue weighted by Crippen LogP contribution is 2.08. The molecule has 0 amide bonds. The van der Waals surface area contributed by atoms with Crippen LogP contribution >= 0.6 is 0 Å². The van der Waals surface area contributed by atoms with Gasteiger partial charge in [0.25, 0.3) is 0 Å². The van der Waals surface area contributed by atoms with E-state index in [9.17, 15) is 4.79 Å². The molecule has 0 spiro atoms. The number of nitrogens with zero attached hydrogens (tertiary/aromatic N) is 1. The summed E-state index contributed by atoms with van der Waals surface area (Å²) in [7, 11) is 3.86. The first-order valence-electron chi connectivity index (χ1n) is 3.40. The van der Waals surface area contributed by atoms with Crippen molar-refractivity contribution < 1.29 is 9.21 Å². The maximum Gasteiger partial charge on any atom is 0.153 e. The largest absolute Gasteiger partial charge is 0.467 e. The van der Waals surface area contributed by atoms with Crippen molar-refractivity contribution in [1.82, 2.24) is 4.90 Å². The zero-order chi connectivity index (χ0) is 8.27. The second-order valence-electron chi connectivity index (χ2n) is 2.65. The van der Waals surface area contributed by atoms with E-state index in [-0.39, 0.29) is 0 Å². The molecule has 1 rings (SSSR count). The standard InChI is InChI=1S/C8H11NO2/c1-9(2)5-8-7(6-10)3-4-11-8/h3-4,6H,5H2,1-2H3. The van der Waals surface area contributed by atoms with Crippen LogP contribution in [0.3, 0.4) is 0 Å². The van der Waals surface area contributed by atoms with Crippen LogP contribution in [-0.4, -0.2) is 25.3 Å². The molecule has 1 heterocycles. The Morgan fingerprint density at radius 1 is 1.64 bits per heavy atom. The molecule has 0 fully saturated rings. The molecule has 0 aliphatic carbocycles. The molecule has 0 unspecified atom stereocenters. The van der Waals surface area contributed by atoms with E-state index in [2.05, 4.69) is 0 Å². The molecule has 0 atom stereocenters. The van der Waals surface area contributed by atoms with Crippen molar-refractivity contribution in [3.05, 3.63) is 23.7 Å². The minimum atomic E-state index is 0.638. The van der Waals surface area contributed by atoms with Gasteiger partial charge in [-0.15, -0.1) is 0 Å². The summed E-state index contributed by atoms with van der Waals surface area (Å²) in [5.41, 5.74) is 0.638. The fourth-order valence-corrected chi connectivity index (χ4v) is 0.871. The smallest absolute Gasteiger partial charge is 0.153 e. The normalized spacial score (nSPS) is 10.5. The predicted molar refractivity (Wildman–Crippen MR) is 41.5 cm³/mol. The number of carbonyl (C=O) groups is 1. The molecular formula is C8H11NO2. The molecule has 0 saturated heterocycles. The van der Waals surface area contributed by atoms with Crippen molar-refractivity contribution in [1.29, 1.82) is 0 Å². The second-order valence-corrected chi connectivity index (χ2v) is 2.65. The number of hydrogen-bond donors (Lipinski definition) is 0. The van der Waals surface area contributed by atoms with E-state index in [0.29, 0.717) is 12.1 Å². The van der Waals surface area contributed by atoms with E-state index in [1.54, 1.807) is 6.07 Å². The number of hydrogen-bond acceptors (Lipinski definition) is 3. The van der Waals surface area contributed by atoms with Crippen LogP contribution in [0.5, 0.6) is 0 Å². The summed E-state index contributed by atoms with van der Waals surface area (Å²) in [4.78, 5) is 12.3. The van der Waals surface area contributed by atoms with Crippen molar-refractivity contribution in [2.24, 2.45) is 0 Å². The van der Waals surface area contributed by atoms with Crippen LogP contribution in [-0.2, 0) is 6.54 Å². The van der Waals surface area contributed by atoms with Gasteiger partial charge in [-0.3, -0.25) is 4.79 Å². The minimum Gasteiger partial charge on any atom is -0.467 e. The van der Waals surface area contributed by atoms with Gasteiger partial charge in [0.15, 0.2) is 6.29 Å². The van der Waals surface area contributed by atoms with Crippen molar-refractivity contribution in [3.8, 4) is 0 Å². The van der Waals surface area contributed by atoms with Crippen molar-refractivity contribution >= 4 is 6.29 Å². The van der Waals surface area contributed by atoms with Gasteiger partial charge in [0, 0.05) is 0 Å². The molecule has 0 aliphatic heterocycles. The molecule has 0 N–H and O–H groups in total. The average molecular weight is 153 g/mol. The van der Waals surface area contributed by atoms with Crippen LogP contribution in [0.1, 0.15) is 16.1 Å². The topological polar surface area (TPSA) is 33.5 Å². The number of furan rings is 1. The van der Waals surface area contributed by atoms with E-state index >= 15 is 0 Å². The monoisotopic (exact) mass is 153 g/mol. The quantitative estimate of drug-likeness (QED) is 0.611. The summed E-state index contributed by atoms with van der Waals surface area (Å²) >= 11 is 0. The Morgan fingerprint density at radius 3 is 2.91 bits per heavy atom. The van der Waals surface area contributed by atoms with E-state index in [0.717, 1.165) is 12.0 Å². The molecule has 0 saturated carbocycles. The maximum atomic E-state index is 10.4. The van der Waals surface area contributed by atoms with Crippen molar-refractivity contribution in [3.63, 3.8) is 0 Å². The highest BCUT2D eigenvalue weighted by Gasteiger charge is 2.04. The first-order chi connectivity index (χ1) is 5.24.